The third-order valence-corrected chi connectivity index (χ3v) is 3.77. The van der Waals surface area contributed by atoms with Crippen LogP contribution in [0.15, 0.2) is 18.2 Å². The predicted molar refractivity (Wildman–Crippen MR) is 91.9 cm³/mol. The van der Waals surface area contributed by atoms with Gasteiger partial charge in [0, 0.05) is 19.6 Å². The summed E-state index contributed by atoms with van der Waals surface area (Å²) in [7, 11) is 0. The zero-order valence-corrected chi connectivity index (χ0v) is 14.2. The van der Waals surface area contributed by atoms with Crippen LogP contribution in [-0.4, -0.2) is 39.0 Å². The molecule has 1 heterocycles. The van der Waals surface area contributed by atoms with Gasteiger partial charge in [-0.1, -0.05) is 19.4 Å². The summed E-state index contributed by atoms with van der Waals surface area (Å²) in [5.41, 5.74) is 2.47. The minimum atomic E-state index is 0.183. The molecule has 0 bridgehead atoms. The maximum absolute atomic E-state index is 6.06. The summed E-state index contributed by atoms with van der Waals surface area (Å²) in [5, 5.41) is 3.49. The van der Waals surface area contributed by atoms with Gasteiger partial charge in [-0.05, 0) is 44.5 Å². The minimum Gasteiger partial charge on any atom is -0.489 e. The summed E-state index contributed by atoms with van der Waals surface area (Å²) in [5.74, 6) is 0.992. The number of nitrogens with one attached hydrogen (secondary N) is 1. The van der Waals surface area contributed by atoms with Crippen molar-refractivity contribution in [2.24, 2.45) is 0 Å². The normalized spacial score (nSPS) is 15.4. The van der Waals surface area contributed by atoms with Gasteiger partial charge in [0.15, 0.2) is 0 Å². The van der Waals surface area contributed by atoms with Gasteiger partial charge in [0.25, 0.3) is 0 Å². The van der Waals surface area contributed by atoms with Crippen LogP contribution in [0.4, 0.5) is 5.69 Å². The Balaban J connectivity index is 2.07. The van der Waals surface area contributed by atoms with E-state index in [1.807, 2.05) is 0 Å². The number of unbranched alkanes of at least 4 members (excludes halogenated alkanes) is 1. The van der Waals surface area contributed by atoms with Gasteiger partial charge >= 0.3 is 0 Å². The quantitative estimate of drug-likeness (QED) is 0.748. The highest BCUT2D eigenvalue weighted by atomic mass is 16.5. The van der Waals surface area contributed by atoms with Crippen molar-refractivity contribution in [2.45, 2.75) is 46.3 Å². The number of benzene rings is 1. The van der Waals surface area contributed by atoms with Crippen LogP contribution in [0.5, 0.6) is 5.75 Å². The first-order chi connectivity index (χ1) is 10.7. The molecule has 1 aliphatic heterocycles. The number of hydrogen-bond donors (Lipinski definition) is 1. The Morgan fingerprint density at radius 1 is 1.27 bits per heavy atom. The summed E-state index contributed by atoms with van der Waals surface area (Å²) >= 11 is 0. The first kappa shape index (κ1) is 17.1. The van der Waals surface area contributed by atoms with Crippen molar-refractivity contribution in [1.29, 1.82) is 0 Å². The van der Waals surface area contributed by atoms with Gasteiger partial charge in [0.1, 0.15) is 5.75 Å². The Morgan fingerprint density at radius 2 is 2.05 bits per heavy atom. The van der Waals surface area contributed by atoms with E-state index in [-0.39, 0.29) is 6.10 Å². The number of ether oxygens (including phenoxy) is 2. The maximum Gasteiger partial charge on any atom is 0.143 e. The monoisotopic (exact) mass is 306 g/mol. The average Bonchev–Trinajstić information content (AvgIpc) is 2.52. The molecule has 0 amide bonds. The van der Waals surface area contributed by atoms with E-state index in [9.17, 15) is 0 Å². The van der Waals surface area contributed by atoms with Gasteiger partial charge in [0.2, 0.25) is 0 Å². The first-order valence-electron chi connectivity index (χ1n) is 8.53. The molecular weight excluding hydrogens is 276 g/mol. The van der Waals surface area contributed by atoms with Gasteiger partial charge in [-0.25, -0.2) is 0 Å². The molecule has 0 aliphatic carbocycles. The highest BCUT2D eigenvalue weighted by molar-refractivity contribution is 5.60. The number of nitrogens with zero attached hydrogens (tertiary/aromatic N) is 1. The lowest BCUT2D eigenvalue weighted by molar-refractivity contribution is 0.122. The number of anilines is 1. The molecule has 1 N–H and O–H groups in total. The Labute approximate surface area is 134 Å². The lowest BCUT2D eigenvalue weighted by Crippen LogP contribution is -2.36. The zero-order valence-electron chi connectivity index (χ0n) is 14.2. The van der Waals surface area contributed by atoms with Crippen molar-refractivity contribution in [3.8, 4) is 5.75 Å². The van der Waals surface area contributed by atoms with Crippen LogP contribution in [0, 0.1) is 0 Å². The molecule has 4 heteroatoms. The lowest BCUT2D eigenvalue weighted by atomic mass is 10.1. The van der Waals surface area contributed by atoms with Gasteiger partial charge < -0.3 is 19.7 Å². The average molecular weight is 306 g/mol. The molecule has 0 saturated carbocycles. The molecule has 124 valence electrons. The largest absolute Gasteiger partial charge is 0.489 e. The molecule has 0 unspecified atom stereocenters. The van der Waals surface area contributed by atoms with E-state index in [4.69, 9.17) is 9.47 Å². The fourth-order valence-corrected chi connectivity index (χ4v) is 2.62. The van der Waals surface area contributed by atoms with Crippen LogP contribution in [-0.2, 0) is 11.3 Å². The molecule has 0 spiro atoms. The molecule has 22 heavy (non-hydrogen) atoms. The van der Waals surface area contributed by atoms with Crippen LogP contribution in [0.25, 0.3) is 0 Å². The van der Waals surface area contributed by atoms with E-state index in [0.29, 0.717) is 0 Å². The van der Waals surface area contributed by atoms with Gasteiger partial charge in [-0.3, -0.25) is 0 Å². The van der Waals surface area contributed by atoms with E-state index in [0.717, 1.165) is 45.1 Å². The second-order valence-electron chi connectivity index (χ2n) is 6.10. The van der Waals surface area contributed by atoms with Crippen LogP contribution < -0.4 is 15.0 Å². The molecule has 1 fully saturated rings. The van der Waals surface area contributed by atoms with Crippen LogP contribution in [0.2, 0.25) is 0 Å². The van der Waals surface area contributed by atoms with Crippen molar-refractivity contribution in [2.75, 3.05) is 37.7 Å². The molecule has 1 aromatic rings. The number of rotatable bonds is 8. The molecular formula is C18H30N2O2. The minimum absolute atomic E-state index is 0.183. The van der Waals surface area contributed by atoms with Gasteiger partial charge in [-0.15, -0.1) is 0 Å². The second kappa shape index (κ2) is 9.01. The van der Waals surface area contributed by atoms with E-state index in [2.05, 4.69) is 49.2 Å². The van der Waals surface area contributed by atoms with Gasteiger partial charge in [0.05, 0.1) is 25.0 Å². The summed E-state index contributed by atoms with van der Waals surface area (Å²) in [4.78, 5) is 2.36. The number of morpholine rings is 1. The SMILES string of the molecule is CCCCNCc1ccc(N2CCOCC2)c(OC(C)C)c1. The van der Waals surface area contributed by atoms with E-state index < -0.39 is 0 Å². The molecule has 2 rings (SSSR count). The molecule has 0 radical (unpaired) electrons. The fourth-order valence-electron chi connectivity index (χ4n) is 2.62. The van der Waals surface area contributed by atoms with E-state index >= 15 is 0 Å². The van der Waals surface area contributed by atoms with Crippen LogP contribution >= 0.6 is 0 Å². The molecule has 4 nitrogen and oxygen atoms in total. The summed E-state index contributed by atoms with van der Waals surface area (Å²) in [6.45, 7) is 11.8. The topological polar surface area (TPSA) is 33.7 Å². The Morgan fingerprint density at radius 3 is 2.73 bits per heavy atom. The summed E-state index contributed by atoms with van der Waals surface area (Å²) < 4.78 is 11.5. The lowest BCUT2D eigenvalue weighted by Gasteiger charge is -2.31. The Hall–Kier alpha value is -1.26. The predicted octanol–water partition coefficient (Wildman–Crippen LogP) is 3.20. The Kier molecular flexibility index (Phi) is 7.00. The standard InChI is InChI=1S/C18H30N2O2/c1-4-5-8-19-14-16-6-7-17(18(13-16)22-15(2)3)20-9-11-21-12-10-20/h6-7,13,15,19H,4-5,8-12,14H2,1-3H3. The van der Waals surface area contributed by atoms with Crippen molar-refractivity contribution in [1.82, 2.24) is 5.32 Å². The summed E-state index contributed by atoms with van der Waals surface area (Å²) in [6, 6.07) is 6.58. The van der Waals surface area contributed by atoms with Crippen LogP contribution in [0.3, 0.4) is 0 Å². The zero-order chi connectivity index (χ0) is 15.8. The molecule has 0 aromatic heterocycles. The van der Waals surface area contributed by atoms with Crippen molar-refractivity contribution >= 4 is 5.69 Å². The molecule has 1 saturated heterocycles. The molecule has 0 atom stereocenters. The third-order valence-electron chi connectivity index (χ3n) is 3.77. The van der Waals surface area contributed by atoms with Gasteiger partial charge in [-0.2, -0.15) is 0 Å². The smallest absolute Gasteiger partial charge is 0.143 e. The van der Waals surface area contributed by atoms with Crippen molar-refractivity contribution in [3.63, 3.8) is 0 Å². The fraction of sp³-hybridized carbons (Fsp3) is 0.667. The highest BCUT2D eigenvalue weighted by Gasteiger charge is 2.16. The third kappa shape index (κ3) is 5.18. The molecule has 1 aromatic carbocycles. The van der Waals surface area contributed by atoms with E-state index in [1.54, 1.807) is 0 Å². The Bertz CT molecular complexity index is 443. The highest BCUT2D eigenvalue weighted by Crippen LogP contribution is 2.31. The second-order valence-corrected chi connectivity index (χ2v) is 6.10. The number of hydrogen-bond acceptors (Lipinski definition) is 4. The first-order valence-corrected chi connectivity index (χ1v) is 8.53. The van der Waals surface area contributed by atoms with E-state index in [1.165, 1.54) is 24.1 Å². The molecule has 1 aliphatic rings. The van der Waals surface area contributed by atoms with Crippen LogP contribution in [0.1, 0.15) is 39.2 Å². The van der Waals surface area contributed by atoms with Crippen molar-refractivity contribution in [3.05, 3.63) is 23.8 Å². The van der Waals surface area contributed by atoms with Crippen molar-refractivity contribution < 1.29 is 9.47 Å². The summed E-state index contributed by atoms with van der Waals surface area (Å²) in [6.07, 6.45) is 2.63. The maximum atomic E-state index is 6.06.